The summed E-state index contributed by atoms with van der Waals surface area (Å²) in [5, 5.41) is 1.76. The predicted molar refractivity (Wildman–Crippen MR) is 118 cm³/mol. The van der Waals surface area contributed by atoms with Crippen molar-refractivity contribution in [1.82, 2.24) is 4.90 Å². The number of halogens is 5. The van der Waals surface area contributed by atoms with Crippen molar-refractivity contribution in [2.45, 2.75) is 15.3 Å². The van der Waals surface area contributed by atoms with E-state index in [0.717, 1.165) is 11.0 Å². The number of imide groups is 1. The third-order valence-electron chi connectivity index (χ3n) is 4.22. The smallest absolute Gasteiger partial charge is 0.337 e. The Morgan fingerprint density at radius 3 is 2.23 bits per heavy atom. The van der Waals surface area contributed by atoms with Crippen LogP contribution in [0, 0.1) is 5.82 Å². The van der Waals surface area contributed by atoms with Crippen molar-refractivity contribution in [3.8, 4) is 0 Å². The Hall–Kier alpha value is -2.06. The number of carbonyl (C=O) groups is 2. The van der Waals surface area contributed by atoms with Crippen LogP contribution >= 0.6 is 46.4 Å². The maximum absolute atomic E-state index is 14.2. The predicted octanol–water partition coefficient (Wildman–Crippen LogP) is 5.04. The molecule has 0 spiro atoms. The highest BCUT2D eigenvalue weighted by molar-refractivity contribution is 6.70. The fraction of sp³-hybridized carbons (Fsp3) is 0.211. The van der Waals surface area contributed by atoms with Crippen LogP contribution in [0.15, 0.2) is 59.6 Å². The molecule has 1 heterocycles. The van der Waals surface area contributed by atoms with Gasteiger partial charge in [-0.05, 0) is 24.3 Å². The molecule has 1 saturated heterocycles. The van der Waals surface area contributed by atoms with Gasteiger partial charge < -0.3 is 5.32 Å². The lowest BCUT2D eigenvalue weighted by Gasteiger charge is -2.26. The molecule has 1 aliphatic heterocycles. The Balaban J connectivity index is 2.00. The van der Waals surface area contributed by atoms with E-state index in [1.165, 1.54) is 25.2 Å². The van der Waals surface area contributed by atoms with Gasteiger partial charge in [-0.1, -0.05) is 65.1 Å². The molecule has 158 valence electrons. The maximum atomic E-state index is 14.2. The molecule has 0 radical (unpaired) electrons. The molecular formula is C19H15Cl4FN4O2. The first-order valence-electron chi connectivity index (χ1n) is 8.58. The minimum absolute atomic E-state index is 0.194. The molecule has 2 unspecified atom stereocenters. The lowest BCUT2D eigenvalue weighted by atomic mass is 10.2. The molecule has 3 rings (SSSR count). The Labute approximate surface area is 192 Å². The second-order valence-corrected chi connectivity index (χ2v) is 9.12. The topological polar surface area (TPSA) is 65.0 Å². The average Bonchev–Trinajstić information content (AvgIpc) is 2.91. The van der Waals surface area contributed by atoms with Crippen molar-refractivity contribution in [2.75, 3.05) is 17.3 Å². The van der Waals surface area contributed by atoms with Gasteiger partial charge in [0.2, 0.25) is 9.63 Å². The van der Waals surface area contributed by atoms with E-state index in [4.69, 9.17) is 46.4 Å². The van der Waals surface area contributed by atoms with Crippen molar-refractivity contribution in [3.63, 3.8) is 0 Å². The van der Waals surface area contributed by atoms with Crippen molar-refractivity contribution >= 4 is 75.6 Å². The van der Waals surface area contributed by atoms with Crippen LogP contribution in [-0.2, 0) is 4.79 Å². The Morgan fingerprint density at radius 2 is 1.63 bits per heavy atom. The molecule has 2 aromatic rings. The van der Waals surface area contributed by atoms with Crippen LogP contribution in [0.4, 0.5) is 20.6 Å². The van der Waals surface area contributed by atoms with Gasteiger partial charge in [-0.3, -0.25) is 9.69 Å². The van der Waals surface area contributed by atoms with E-state index in [9.17, 15) is 14.0 Å². The summed E-state index contributed by atoms with van der Waals surface area (Å²) in [5.41, 5.74) is 0.401. The number of amides is 3. The number of amidine groups is 1. The quantitative estimate of drug-likeness (QED) is 0.470. The first-order valence-corrected chi connectivity index (χ1v) is 10.1. The molecule has 30 heavy (non-hydrogen) atoms. The summed E-state index contributed by atoms with van der Waals surface area (Å²) >= 11 is 24.1. The SMILES string of the molecule is CN1C(=O)N(c2ccccc2F)C(=O)/C1=N\C(Nc1ccccc1)C(Cl)C(Cl)(Cl)Cl. The van der Waals surface area contributed by atoms with E-state index in [1.54, 1.807) is 30.3 Å². The number of benzene rings is 2. The first kappa shape index (κ1) is 22.6. The van der Waals surface area contributed by atoms with E-state index in [-0.39, 0.29) is 11.5 Å². The van der Waals surface area contributed by atoms with E-state index in [1.807, 2.05) is 0 Å². The molecule has 1 aliphatic rings. The summed E-state index contributed by atoms with van der Waals surface area (Å²) in [5.74, 6) is -1.85. The van der Waals surface area contributed by atoms with E-state index < -0.39 is 33.1 Å². The Kier molecular flexibility index (Phi) is 6.77. The molecule has 6 nitrogen and oxygen atoms in total. The molecule has 1 fully saturated rings. The fourth-order valence-electron chi connectivity index (χ4n) is 2.75. The summed E-state index contributed by atoms with van der Waals surface area (Å²) in [6, 6.07) is 13.4. The van der Waals surface area contributed by atoms with Crippen molar-refractivity contribution in [1.29, 1.82) is 0 Å². The lowest BCUT2D eigenvalue weighted by molar-refractivity contribution is -0.111. The standard InChI is InChI=1S/C19H15Cl4FN4O2/c1-27-16(17(29)28(18(27)30)13-10-6-5-9-12(13)24)26-15(14(20)19(21,22)23)25-11-7-3-2-4-8-11/h2-10,14-15,25H,1H3/b26-16+. The van der Waals surface area contributed by atoms with Gasteiger partial charge >= 0.3 is 11.9 Å². The number of hydrogen-bond acceptors (Lipinski definition) is 4. The highest BCUT2D eigenvalue weighted by Crippen LogP contribution is 2.37. The molecule has 2 atom stereocenters. The molecule has 0 aliphatic carbocycles. The van der Waals surface area contributed by atoms with Crippen LogP contribution < -0.4 is 10.2 Å². The van der Waals surface area contributed by atoms with Gasteiger partial charge in [-0.15, -0.1) is 11.6 Å². The number of nitrogens with zero attached hydrogens (tertiary/aromatic N) is 3. The minimum Gasteiger partial charge on any atom is -0.362 e. The maximum Gasteiger partial charge on any atom is 0.337 e. The summed E-state index contributed by atoms with van der Waals surface area (Å²) < 4.78 is 12.2. The number of alkyl halides is 4. The number of rotatable bonds is 5. The zero-order chi connectivity index (χ0) is 22.1. The molecule has 0 saturated carbocycles. The van der Waals surface area contributed by atoms with Crippen LogP contribution in [0.2, 0.25) is 0 Å². The molecule has 2 aromatic carbocycles. The highest BCUT2D eigenvalue weighted by Gasteiger charge is 2.45. The molecule has 0 bridgehead atoms. The summed E-state index contributed by atoms with van der Waals surface area (Å²) in [4.78, 5) is 31.5. The first-order chi connectivity index (χ1) is 14.1. The Bertz CT molecular complexity index is 984. The van der Waals surface area contributed by atoms with Crippen molar-refractivity contribution in [3.05, 3.63) is 60.4 Å². The highest BCUT2D eigenvalue weighted by atomic mass is 35.6. The van der Waals surface area contributed by atoms with Gasteiger partial charge in [0.1, 0.15) is 17.4 Å². The number of hydrogen-bond donors (Lipinski definition) is 1. The monoisotopic (exact) mass is 490 g/mol. The van der Waals surface area contributed by atoms with Gasteiger partial charge in [0.15, 0.2) is 0 Å². The third-order valence-corrected chi connectivity index (χ3v) is 5.83. The van der Waals surface area contributed by atoms with Crippen LogP contribution in [0.1, 0.15) is 0 Å². The lowest BCUT2D eigenvalue weighted by Crippen LogP contribution is -2.40. The number of carbonyl (C=O) groups excluding carboxylic acids is 2. The van der Waals surface area contributed by atoms with Gasteiger partial charge in [0.05, 0.1) is 5.69 Å². The molecule has 0 aromatic heterocycles. The van der Waals surface area contributed by atoms with Crippen LogP contribution in [0.5, 0.6) is 0 Å². The number of para-hydroxylation sites is 2. The van der Waals surface area contributed by atoms with E-state index in [2.05, 4.69) is 10.3 Å². The molecule has 3 amide bonds. The Morgan fingerprint density at radius 1 is 1.03 bits per heavy atom. The number of likely N-dealkylation sites (N-methyl/N-ethyl adjacent to an activating group) is 1. The zero-order valence-electron chi connectivity index (χ0n) is 15.4. The van der Waals surface area contributed by atoms with Crippen molar-refractivity contribution in [2.24, 2.45) is 4.99 Å². The average molecular weight is 492 g/mol. The normalized spacial score (nSPS) is 18.1. The number of nitrogens with one attached hydrogen (secondary N) is 1. The second kappa shape index (κ2) is 8.98. The van der Waals surface area contributed by atoms with E-state index in [0.29, 0.717) is 10.6 Å². The third kappa shape index (κ3) is 4.64. The van der Waals surface area contributed by atoms with Gasteiger partial charge in [-0.2, -0.15) is 0 Å². The minimum atomic E-state index is -1.94. The summed E-state index contributed by atoms with van der Waals surface area (Å²) in [6.07, 6.45) is -1.10. The molecule has 1 N–H and O–H groups in total. The van der Waals surface area contributed by atoms with Gasteiger partial charge in [0.25, 0.3) is 0 Å². The zero-order valence-corrected chi connectivity index (χ0v) is 18.4. The summed E-state index contributed by atoms with van der Waals surface area (Å²) in [6.45, 7) is 0. The molecular weight excluding hydrogens is 477 g/mol. The van der Waals surface area contributed by atoms with E-state index >= 15 is 0 Å². The second-order valence-electron chi connectivity index (χ2n) is 6.28. The fourth-order valence-corrected chi connectivity index (χ4v) is 3.22. The number of urea groups is 1. The summed E-state index contributed by atoms with van der Waals surface area (Å²) in [7, 11) is 1.33. The largest absolute Gasteiger partial charge is 0.362 e. The molecule has 11 heteroatoms. The number of anilines is 2. The van der Waals surface area contributed by atoms with Crippen LogP contribution in [0.3, 0.4) is 0 Å². The van der Waals surface area contributed by atoms with Gasteiger partial charge in [-0.25, -0.2) is 19.1 Å². The van der Waals surface area contributed by atoms with Crippen molar-refractivity contribution < 1.29 is 14.0 Å². The van der Waals surface area contributed by atoms with Crippen LogP contribution in [0.25, 0.3) is 0 Å². The number of aliphatic imine (C=N–C) groups is 1. The van der Waals surface area contributed by atoms with Crippen LogP contribution in [-0.4, -0.2) is 45.1 Å². The van der Waals surface area contributed by atoms with Gasteiger partial charge in [0, 0.05) is 12.7 Å².